The zero-order valence-corrected chi connectivity index (χ0v) is 10.1. The first-order valence-corrected chi connectivity index (χ1v) is 5.58. The lowest BCUT2D eigenvalue weighted by Gasteiger charge is -2.23. The Balaban J connectivity index is 2.55. The van der Waals surface area contributed by atoms with E-state index in [2.05, 4.69) is 5.32 Å². The van der Waals surface area contributed by atoms with E-state index < -0.39 is 5.54 Å². The van der Waals surface area contributed by atoms with Gasteiger partial charge in [-0.15, -0.1) is 11.6 Å². The van der Waals surface area contributed by atoms with Crippen LogP contribution in [0.2, 0.25) is 0 Å². The largest absolute Gasteiger partial charge is 0.350 e. The Hall–Kier alpha value is -1.09. The van der Waals surface area contributed by atoms with Gasteiger partial charge in [-0.1, -0.05) is 12.1 Å². The van der Waals surface area contributed by atoms with Gasteiger partial charge in [0.05, 0.1) is 6.42 Å². The Morgan fingerprint density at radius 1 is 1.38 bits per heavy atom. The molecule has 0 atom stereocenters. The maximum Gasteiger partial charge on any atom is 0.224 e. The van der Waals surface area contributed by atoms with Crippen LogP contribution in [0.3, 0.4) is 0 Å². The lowest BCUT2D eigenvalue weighted by molar-refractivity contribution is -0.121. The maximum absolute atomic E-state index is 12.6. The van der Waals surface area contributed by atoms with Crippen molar-refractivity contribution in [1.29, 1.82) is 0 Å². The average Bonchev–Trinajstić information content (AvgIpc) is 2.21. The fourth-order valence-electron chi connectivity index (χ4n) is 1.24. The van der Waals surface area contributed by atoms with Gasteiger partial charge in [-0.25, -0.2) is 4.39 Å². The zero-order valence-electron chi connectivity index (χ0n) is 9.39. The predicted octanol–water partition coefficient (Wildman–Crippen LogP) is 2.50. The number of hydrogen-bond acceptors (Lipinski definition) is 1. The van der Waals surface area contributed by atoms with Crippen molar-refractivity contribution in [1.82, 2.24) is 5.32 Å². The van der Waals surface area contributed by atoms with Crippen molar-refractivity contribution in [3.63, 3.8) is 0 Å². The summed E-state index contributed by atoms with van der Waals surface area (Å²) in [7, 11) is 0. The first kappa shape index (κ1) is 13.0. The van der Waals surface area contributed by atoms with Crippen LogP contribution in [0.4, 0.5) is 4.39 Å². The van der Waals surface area contributed by atoms with Crippen molar-refractivity contribution in [3.8, 4) is 0 Å². The number of alkyl halides is 1. The molecule has 0 heterocycles. The van der Waals surface area contributed by atoms with Gasteiger partial charge < -0.3 is 5.32 Å². The van der Waals surface area contributed by atoms with Gasteiger partial charge in [0, 0.05) is 11.4 Å². The van der Waals surface area contributed by atoms with E-state index in [0.29, 0.717) is 5.88 Å². The summed E-state index contributed by atoms with van der Waals surface area (Å²) in [4.78, 5) is 11.6. The molecule has 0 bridgehead atoms. The summed E-state index contributed by atoms with van der Waals surface area (Å²) in [6, 6.07) is 5.88. The molecule has 1 N–H and O–H groups in total. The monoisotopic (exact) mass is 243 g/mol. The molecule has 0 saturated carbocycles. The van der Waals surface area contributed by atoms with Crippen LogP contribution in [0.15, 0.2) is 24.3 Å². The lowest BCUT2D eigenvalue weighted by Crippen LogP contribution is -2.45. The van der Waals surface area contributed by atoms with E-state index >= 15 is 0 Å². The maximum atomic E-state index is 12.6. The number of carbonyl (C=O) groups is 1. The van der Waals surface area contributed by atoms with Crippen LogP contribution in [-0.2, 0) is 11.2 Å². The molecule has 1 amide bonds. The number of benzene rings is 1. The molecule has 0 unspecified atom stereocenters. The molecule has 2 nitrogen and oxygen atoms in total. The van der Waals surface area contributed by atoms with Crippen molar-refractivity contribution >= 4 is 17.5 Å². The first-order valence-electron chi connectivity index (χ1n) is 5.04. The fraction of sp³-hybridized carbons (Fsp3) is 0.417. The van der Waals surface area contributed by atoms with Crippen LogP contribution in [0.1, 0.15) is 19.4 Å². The molecule has 1 aromatic rings. The Bertz CT molecular complexity index is 362. The van der Waals surface area contributed by atoms with Crippen molar-refractivity contribution in [2.75, 3.05) is 5.88 Å². The molecular formula is C12H15ClFNO. The van der Waals surface area contributed by atoms with Crippen molar-refractivity contribution in [3.05, 3.63) is 35.6 Å². The number of nitrogens with one attached hydrogen (secondary N) is 1. The molecule has 0 aliphatic carbocycles. The SMILES string of the molecule is CC(C)(CCl)NC(=O)Cc1ccc(F)cc1. The van der Waals surface area contributed by atoms with E-state index in [1.54, 1.807) is 12.1 Å². The standard InChI is InChI=1S/C12H15ClFNO/c1-12(2,8-13)15-11(16)7-9-3-5-10(14)6-4-9/h3-6H,7-8H2,1-2H3,(H,15,16). The second-order valence-corrected chi connectivity index (χ2v) is 4.64. The summed E-state index contributed by atoms with van der Waals surface area (Å²) in [5.41, 5.74) is 0.364. The molecule has 0 saturated heterocycles. The summed E-state index contributed by atoms with van der Waals surface area (Å²) in [5, 5.41) is 2.80. The van der Waals surface area contributed by atoms with Gasteiger partial charge in [-0.2, -0.15) is 0 Å². The van der Waals surface area contributed by atoms with Gasteiger partial charge in [0.2, 0.25) is 5.91 Å². The molecule has 4 heteroatoms. The molecule has 0 fully saturated rings. The molecule has 0 aromatic heterocycles. The van der Waals surface area contributed by atoms with E-state index in [-0.39, 0.29) is 18.1 Å². The van der Waals surface area contributed by atoms with Crippen LogP contribution in [-0.4, -0.2) is 17.3 Å². The van der Waals surface area contributed by atoms with Crippen molar-refractivity contribution in [2.24, 2.45) is 0 Å². The summed E-state index contributed by atoms with van der Waals surface area (Å²) in [5.74, 6) is -0.0650. The number of carbonyl (C=O) groups excluding carboxylic acids is 1. The van der Waals surface area contributed by atoms with Crippen LogP contribution in [0, 0.1) is 5.82 Å². The minimum atomic E-state index is -0.418. The lowest BCUT2D eigenvalue weighted by atomic mass is 10.1. The summed E-state index contributed by atoms with van der Waals surface area (Å²) in [6.07, 6.45) is 0.237. The second kappa shape index (κ2) is 5.30. The van der Waals surface area contributed by atoms with E-state index in [9.17, 15) is 9.18 Å². The predicted molar refractivity (Wildman–Crippen MR) is 63.0 cm³/mol. The van der Waals surface area contributed by atoms with E-state index in [1.807, 2.05) is 13.8 Å². The van der Waals surface area contributed by atoms with Crippen LogP contribution >= 0.6 is 11.6 Å². The molecule has 1 rings (SSSR count). The Morgan fingerprint density at radius 2 is 1.94 bits per heavy atom. The second-order valence-electron chi connectivity index (χ2n) is 4.37. The molecule has 0 aliphatic heterocycles. The van der Waals surface area contributed by atoms with Gasteiger partial charge >= 0.3 is 0 Å². The number of rotatable bonds is 4. The third-order valence-electron chi connectivity index (χ3n) is 2.09. The molecule has 0 spiro atoms. The van der Waals surface area contributed by atoms with Gasteiger partial charge in [0.1, 0.15) is 5.82 Å². The Labute approximate surface area is 99.8 Å². The average molecular weight is 244 g/mol. The Morgan fingerprint density at radius 3 is 2.44 bits per heavy atom. The minimum absolute atomic E-state index is 0.114. The van der Waals surface area contributed by atoms with E-state index in [4.69, 9.17) is 11.6 Å². The smallest absolute Gasteiger partial charge is 0.224 e. The number of hydrogen-bond donors (Lipinski definition) is 1. The molecule has 0 aliphatic rings. The highest BCUT2D eigenvalue weighted by Crippen LogP contribution is 2.07. The number of halogens is 2. The first-order chi connectivity index (χ1) is 7.43. The van der Waals surface area contributed by atoms with Crippen molar-refractivity contribution in [2.45, 2.75) is 25.8 Å². The topological polar surface area (TPSA) is 29.1 Å². The Kier molecular flexibility index (Phi) is 4.30. The van der Waals surface area contributed by atoms with Crippen LogP contribution in [0.5, 0.6) is 0 Å². The molecule has 0 radical (unpaired) electrons. The normalized spacial score (nSPS) is 11.2. The summed E-state index contributed by atoms with van der Waals surface area (Å²) in [6.45, 7) is 3.70. The van der Waals surface area contributed by atoms with Gasteiger partial charge in [-0.3, -0.25) is 4.79 Å². The third-order valence-corrected chi connectivity index (χ3v) is 2.76. The van der Waals surface area contributed by atoms with E-state index in [1.165, 1.54) is 12.1 Å². The summed E-state index contributed by atoms with van der Waals surface area (Å²) >= 11 is 5.70. The summed E-state index contributed by atoms with van der Waals surface area (Å²) < 4.78 is 12.6. The van der Waals surface area contributed by atoms with E-state index in [0.717, 1.165) is 5.56 Å². The quantitative estimate of drug-likeness (QED) is 0.809. The van der Waals surface area contributed by atoms with Gasteiger partial charge in [-0.05, 0) is 31.5 Å². The molecular weight excluding hydrogens is 229 g/mol. The van der Waals surface area contributed by atoms with Crippen LogP contribution < -0.4 is 5.32 Å². The minimum Gasteiger partial charge on any atom is -0.350 e. The van der Waals surface area contributed by atoms with Gasteiger partial charge in [0.15, 0.2) is 0 Å². The van der Waals surface area contributed by atoms with Crippen LogP contribution in [0.25, 0.3) is 0 Å². The molecule has 16 heavy (non-hydrogen) atoms. The zero-order chi connectivity index (χ0) is 12.2. The fourth-order valence-corrected chi connectivity index (χ4v) is 1.31. The van der Waals surface area contributed by atoms with Crippen molar-refractivity contribution < 1.29 is 9.18 Å². The van der Waals surface area contributed by atoms with Gasteiger partial charge in [0.25, 0.3) is 0 Å². The number of amides is 1. The molecule has 1 aromatic carbocycles. The highest BCUT2D eigenvalue weighted by Gasteiger charge is 2.18. The highest BCUT2D eigenvalue weighted by atomic mass is 35.5. The molecule has 88 valence electrons. The third kappa shape index (κ3) is 4.19. The highest BCUT2D eigenvalue weighted by molar-refractivity contribution is 6.18.